The van der Waals surface area contributed by atoms with E-state index in [2.05, 4.69) is 26.8 Å². The van der Waals surface area contributed by atoms with E-state index in [0.717, 1.165) is 19.3 Å². The second-order valence-corrected chi connectivity index (χ2v) is 13.3. The Hall–Kier alpha value is -3.03. The lowest BCUT2D eigenvalue weighted by molar-refractivity contribution is -0.384. The quantitative estimate of drug-likeness (QED) is 0.239. The van der Waals surface area contributed by atoms with Crippen LogP contribution in [0.4, 0.5) is 11.4 Å². The molecule has 1 aliphatic heterocycles. The van der Waals surface area contributed by atoms with E-state index in [1.807, 2.05) is 6.92 Å². The topological polar surface area (TPSA) is 118 Å². The number of imide groups is 1. The Labute approximate surface area is 222 Å². The van der Waals surface area contributed by atoms with E-state index in [1.165, 1.54) is 28.7 Å². The van der Waals surface area contributed by atoms with Crippen molar-refractivity contribution in [2.24, 2.45) is 51.8 Å². The normalized spacial score (nSPS) is 41.4. The molecule has 1 aromatic carbocycles. The number of amides is 2. The van der Waals surface area contributed by atoms with Gasteiger partial charge in [-0.05, 0) is 74.2 Å². The average Bonchev–Trinajstić information content (AvgIpc) is 3.15. The Balaban J connectivity index is 1.48. The molecule has 3 saturated carbocycles. The molecular formula is C30H36N2O6. The minimum Gasteiger partial charge on any atom is -0.481 e. The second kappa shape index (κ2) is 7.99. The Morgan fingerprint density at radius 1 is 1.13 bits per heavy atom. The predicted molar refractivity (Wildman–Crippen MR) is 140 cm³/mol. The van der Waals surface area contributed by atoms with Crippen molar-refractivity contribution in [1.29, 1.82) is 0 Å². The van der Waals surface area contributed by atoms with Gasteiger partial charge in [-0.15, -0.1) is 0 Å². The Morgan fingerprint density at radius 3 is 2.53 bits per heavy atom. The fraction of sp³-hybridized carbons (Fsp3) is 0.633. The summed E-state index contributed by atoms with van der Waals surface area (Å²) in [7, 11) is 0. The number of carboxylic acids is 1. The molecule has 4 fully saturated rings. The van der Waals surface area contributed by atoms with Crippen LogP contribution in [-0.2, 0) is 14.4 Å². The zero-order valence-corrected chi connectivity index (χ0v) is 22.5. The van der Waals surface area contributed by atoms with E-state index in [9.17, 15) is 29.6 Å². The van der Waals surface area contributed by atoms with E-state index in [4.69, 9.17) is 0 Å². The maximum absolute atomic E-state index is 14.3. The third kappa shape index (κ3) is 3.00. The fourth-order valence-corrected chi connectivity index (χ4v) is 9.96. The molecule has 202 valence electrons. The second-order valence-electron chi connectivity index (χ2n) is 13.3. The third-order valence-electron chi connectivity index (χ3n) is 11.5. The predicted octanol–water partition coefficient (Wildman–Crippen LogP) is 5.61. The van der Waals surface area contributed by atoms with Gasteiger partial charge in [0.15, 0.2) is 0 Å². The monoisotopic (exact) mass is 520 g/mol. The average molecular weight is 521 g/mol. The Kier molecular flexibility index (Phi) is 5.31. The molecule has 1 heterocycles. The number of rotatable bonds is 4. The molecule has 38 heavy (non-hydrogen) atoms. The molecule has 1 aromatic rings. The first-order chi connectivity index (χ1) is 17.9. The molecule has 0 unspecified atom stereocenters. The van der Waals surface area contributed by atoms with Crippen LogP contribution in [-0.4, -0.2) is 27.8 Å². The van der Waals surface area contributed by atoms with Crippen LogP contribution in [0.5, 0.6) is 0 Å². The highest BCUT2D eigenvalue weighted by atomic mass is 16.6. The van der Waals surface area contributed by atoms with Crippen molar-refractivity contribution in [3.8, 4) is 0 Å². The summed E-state index contributed by atoms with van der Waals surface area (Å²) < 4.78 is 0. The largest absolute Gasteiger partial charge is 0.481 e. The first-order valence-corrected chi connectivity index (χ1v) is 13.9. The molecule has 0 aromatic heterocycles. The number of benzene rings is 1. The van der Waals surface area contributed by atoms with Crippen molar-refractivity contribution in [3.05, 3.63) is 46.0 Å². The van der Waals surface area contributed by atoms with Crippen LogP contribution in [0.2, 0.25) is 0 Å². The van der Waals surface area contributed by atoms with Crippen LogP contribution >= 0.6 is 0 Å². The number of nitro groups is 1. The molecule has 5 aliphatic carbocycles. The summed E-state index contributed by atoms with van der Waals surface area (Å²) in [5.74, 6) is -1.95. The first-order valence-electron chi connectivity index (χ1n) is 13.9. The zero-order chi connectivity index (χ0) is 27.4. The summed E-state index contributed by atoms with van der Waals surface area (Å²) in [6, 6.07) is 5.80. The lowest BCUT2D eigenvalue weighted by atomic mass is 9.34. The third-order valence-corrected chi connectivity index (χ3v) is 11.5. The van der Waals surface area contributed by atoms with Gasteiger partial charge in [-0.1, -0.05) is 44.9 Å². The zero-order valence-electron chi connectivity index (χ0n) is 22.5. The number of nitrogens with zero attached hydrogens (tertiary/aromatic N) is 2. The van der Waals surface area contributed by atoms with E-state index >= 15 is 0 Å². The summed E-state index contributed by atoms with van der Waals surface area (Å²) in [6.07, 6.45) is 6.97. The van der Waals surface area contributed by atoms with Crippen molar-refractivity contribution in [1.82, 2.24) is 0 Å². The van der Waals surface area contributed by atoms with Gasteiger partial charge >= 0.3 is 5.97 Å². The highest BCUT2D eigenvalue weighted by Crippen LogP contribution is 2.74. The number of nitro benzene ring substituents is 1. The number of aliphatic carboxylic acids is 1. The summed E-state index contributed by atoms with van der Waals surface area (Å²) >= 11 is 0. The number of fused-ring (bicyclic) bond motifs is 1. The van der Waals surface area contributed by atoms with Crippen LogP contribution in [0, 0.1) is 61.9 Å². The molecule has 0 radical (unpaired) electrons. The van der Waals surface area contributed by atoms with Gasteiger partial charge in [0.2, 0.25) is 11.8 Å². The molecule has 7 rings (SSSR count). The van der Waals surface area contributed by atoms with Crippen LogP contribution < -0.4 is 4.90 Å². The van der Waals surface area contributed by atoms with Gasteiger partial charge in [-0.25, -0.2) is 4.90 Å². The number of carbonyl (C=O) groups excluding carboxylic acids is 2. The highest BCUT2D eigenvalue weighted by molar-refractivity contribution is 6.23. The summed E-state index contributed by atoms with van der Waals surface area (Å²) in [6.45, 7) is 8.44. The van der Waals surface area contributed by atoms with Crippen LogP contribution in [0.1, 0.15) is 66.2 Å². The molecule has 2 bridgehead atoms. The number of carbonyl (C=O) groups is 3. The molecule has 6 aliphatic rings. The SMILES string of the molecule is CC(C)C1=C[C@@]23CC[C@@H]4[C@](C)(CCC[C@@]4(C)C(=O)O)[C@@H]2C[C@@H]1[C@H]1C(=O)N(c2cccc([N+](=O)[O-])c2)C(=O)[C@@H]13. The molecular weight excluding hydrogens is 484 g/mol. The summed E-state index contributed by atoms with van der Waals surface area (Å²) in [5, 5.41) is 21.7. The molecule has 1 spiro atoms. The number of non-ortho nitro benzene ring substituents is 1. The van der Waals surface area contributed by atoms with Gasteiger partial charge in [0.05, 0.1) is 27.9 Å². The van der Waals surface area contributed by atoms with E-state index in [-0.39, 0.29) is 52.3 Å². The van der Waals surface area contributed by atoms with Crippen molar-refractivity contribution in [2.75, 3.05) is 4.90 Å². The van der Waals surface area contributed by atoms with Crippen molar-refractivity contribution < 1.29 is 24.4 Å². The smallest absolute Gasteiger partial charge is 0.309 e. The summed E-state index contributed by atoms with van der Waals surface area (Å²) in [5.41, 5.74) is -0.195. The maximum atomic E-state index is 14.3. The fourth-order valence-electron chi connectivity index (χ4n) is 9.96. The highest BCUT2D eigenvalue weighted by Gasteiger charge is 2.73. The van der Waals surface area contributed by atoms with Crippen molar-refractivity contribution in [3.63, 3.8) is 0 Å². The van der Waals surface area contributed by atoms with Gasteiger partial charge in [0.25, 0.3) is 5.69 Å². The maximum Gasteiger partial charge on any atom is 0.309 e. The van der Waals surface area contributed by atoms with Gasteiger partial charge in [0, 0.05) is 17.5 Å². The van der Waals surface area contributed by atoms with Crippen LogP contribution in [0.3, 0.4) is 0 Å². The number of anilines is 1. The molecule has 1 N–H and O–H groups in total. The van der Waals surface area contributed by atoms with Gasteiger partial charge < -0.3 is 5.11 Å². The standard InChI is InChI=1S/C30H36N2O6/c1-16(2)20-15-30-12-9-21-28(3,10-6-11-29(21,4)27(35)36)22(30)14-19(20)23-24(30)26(34)31(25(23)33)17-7-5-8-18(13-17)32(37)38/h5,7-8,13,15-16,19,21-24H,6,9-12,14H2,1-4H3,(H,35,36)/t19-,21+,22-,23+,24+,28-,29+,30-/m0/s1. The van der Waals surface area contributed by atoms with Crippen molar-refractivity contribution >= 4 is 29.2 Å². The van der Waals surface area contributed by atoms with Gasteiger partial charge in [-0.3, -0.25) is 24.5 Å². The lowest BCUT2D eigenvalue weighted by Gasteiger charge is -2.68. The molecule has 1 saturated heterocycles. The minimum atomic E-state index is -0.792. The number of carboxylic acid groups (broad SMARTS) is 1. The molecule has 8 heteroatoms. The van der Waals surface area contributed by atoms with Crippen molar-refractivity contribution in [2.45, 2.75) is 66.2 Å². The number of hydrogen-bond acceptors (Lipinski definition) is 5. The number of allylic oxidation sites excluding steroid dienone is 2. The van der Waals surface area contributed by atoms with Gasteiger partial charge in [-0.2, -0.15) is 0 Å². The van der Waals surface area contributed by atoms with E-state index in [1.54, 1.807) is 6.07 Å². The molecule has 8 atom stereocenters. The molecule has 2 amide bonds. The Bertz CT molecular complexity index is 1300. The van der Waals surface area contributed by atoms with Gasteiger partial charge in [0.1, 0.15) is 0 Å². The Morgan fingerprint density at radius 2 is 1.87 bits per heavy atom. The van der Waals surface area contributed by atoms with Crippen LogP contribution in [0.15, 0.2) is 35.9 Å². The lowest BCUT2D eigenvalue weighted by Crippen LogP contribution is -2.65. The first kappa shape index (κ1) is 25.3. The van der Waals surface area contributed by atoms with E-state index < -0.39 is 33.6 Å². The molecule has 8 nitrogen and oxygen atoms in total. The minimum absolute atomic E-state index is 0.0191. The summed E-state index contributed by atoms with van der Waals surface area (Å²) in [4.78, 5) is 53.0. The van der Waals surface area contributed by atoms with Crippen LogP contribution in [0.25, 0.3) is 0 Å². The number of hydrogen-bond donors (Lipinski definition) is 1. The van der Waals surface area contributed by atoms with E-state index in [0.29, 0.717) is 19.3 Å².